The van der Waals surface area contributed by atoms with Gasteiger partial charge in [0.1, 0.15) is 11.3 Å². The van der Waals surface area contributed by atoms with E-state index in [1.807, 2.05) is 24.3 Å². The SMILES string of the molecule is CN(C(=O)c1ccc(-c2nc3ccccc3o2)c(O)c1)C1CCC(C(=O)NC2(C)CC2)C1. The number of oxazole rings is 1. The first-order chi connectivity index (χ1) is 15.3. The fourth-order valence-corrected chi connectivity index (χ4v) is 4.46. The lowest BCUT2D eigenvalue weighted by atomic mass is 10.1. The third-order valence-corrected chi connectivity index (χ3v) is 6.84. The van der Waals surface area contributed by atoms with Gasteiger partial charge in [0.15, 0.2) is 5.58 Å². The highest BCUT2D eigenvalue weighted by molar-refractivity contribution is 5.95. The van der Waals surface area contributed by atoms with Gasteiger partial charge in [0.2, 0.25) is 11.8 Å². The van der Waals surface area contributed by atoms with E-state index in [0.717, 1.165) is 25.7 Å². The maximum Gasteiger partial charge on any atom is 0.253 e. The lowest BCUT2D eigenvalue weighted by Crippen LogP contribution is -2.39. The zero-order chi connectivity index (χ0) is 22.5. The molecular formula is C25H27N3O4. The number of para-hydroxylation sites is 2. The molecule has 2 aromatic carbocycles. The molecule has 7 nitrogen and oxygen atoms in total. The van der Waals surface area contributed by atoms with Gasteiger partial charge >= 0.3 is 0 Å². The normalized spacial score (nSPS) is 21.4. The van der Waals surface area contributed by atoms with E-state index >= 15 is 0 Å². The molecule has 32 heavy (non-hydrogen) atoms. The van der Waals surface area contributed by atoms with Gasteiger partial charge in [0, 0.05) is 30.1 Å². The van der Waals surface area contributed by atoms with Crippen molar-refractivity contribution >= 4 is 22.9 Å². The second-order valence-corrected chi connectivity index (χ2v) is 9.35. The summed E-state index contributed by atoms with van der Waals surface area (Å²) in [5.74, 6) is 0.128. The topological polar surface area (TPSA) is 95.7 Å². The molecule has 2 saturated carbocycles. The zero-order valence-corrected chi connectivity index (χ0v) is 18.3. The number of carbonyl (C=O) groups excluding carboxylic acids is 2. The smallest absolute Gasteiger partial charge is 0.253 e. The summed E-state index contributed by atoms with van der Waals surface area (Å²) < 4.78 is 5.73. The molecule has 0 radical (unpaired) electrons. The lowest BCUT2D eigenvalue weighted by molar-refractivity contribution is -0.125. The second-order valence-electron chi connectivity index (χ2n) is 9.35. The van der Waals surface area contributed by atoms with Gasteiger partial charge in [0.05, 0.1) is 5.56 Å². The number of benzene rings is 2. The summed E-state index contributed by atoms with van der Waals surface area (Å²) in [6.07, 6.45) is 4.32. The number of hydrogen-bond acceptors (Lipinski definition) is 5. The van der Waals surface area contributed by atoms with Crippen LogP contribution >= 0.6 is 0 Å². The molecule has 0 spiro atoms. The van der Waals surface area contributed by atoms with Crippen molar-refractivity contribution in [3.05, 3.63) is 48.0 Å². The molecule has 5 rings (SSSR count). The van der Waals surface area contributed by atoms with Crippen molar-refractivity contribution in [2.75, 3.05) is 7.05 Å². The van der Waals surface area contributed by atoms with Gasteiger partial charge in [-0.05, 0) is 69.4 Å². The van der Waals surface area contributed by atoms with Crippen molar-refractivity contribution in [1.29, 1.82) is 0 Å². The van der Waals surface area contributed by atoms with E-state index in [0.29, 0.717) is 34.5 Å². The molecule has 0 bridgehead atoms. The van der Waals surface area contributed by atoms with Gasteiger partial charge < -0.3 is 19.7 Å². The summed E-state index contributed by atoms with van der Waals surface area (Å²) in [4.78, 5) is 31.7. The van der Waals surface area contributed by atoms with Crippen LogP contribution in [-0.2, 0) is 4.79 Å². The van der Waals surface area contributed by atoms with Crippen molar-refractivity contribution in [3.8, 4) is 17.2 Å². The zero-order valence-electron chi connectivity index (χ0n) is 18.3. The van der Waals surface area contributed by atoms with Crippen LogP contribution in [0.15, 0.2) is 46.9 Å². The van der Waals surface area contributed by atoms with Crippen LogP contribution in [0.1, 0.15) is 49.4 Å². The van der Waals surface area contributed by atoms with Crippen LogP contribution in [-0.4, -0.2) is 45.4 Å². The monoisotopic (exact) mass is 433 g/mol. The van der Waals surface area contributed by atoms with Crippen molar-refractivity contribution in [1.82, 2.24) is 15.2 Å². The summed E-state index contributed by atoms with van der Waals surface area (Å²) in [6, 6.07) is 12.2. The van der Waals surface area contributed by atoms with Crippen LogP contribution in [0.5, 0.6) is 5.75 Å². The van der Waals surface area contributed by atoms with E-state index in [4.69, 9.17) is 4.42 Å². The van der Waals surface area contributed by atoms with Gasteiger partial charge in [-0.25, -0.2) is 4.98 Å². The quantitative estimate of drug-likeness (QED) is 0.631. The Morgan fingerprint density at radius 2 is 1.97 bits per heavy atom. The fourth-order valence-electron chi connectivity index (χ4n) is 4.46. The summed E-state index contributed by atoms with van der Waals surface area (Å²) in [5, 5.41) is 13.7. The third kappa shape index (κ3) is 3.83. The number of hydrogen-bond donors (Lipinski definition) is 2. The molecule has 0 saturated heterocycles. The molecular weight excluding hydrogens is 406 g/mol. The molecule has 2 fully saturated rings. The molecule has 7 heteroatoms. The average molecular weight is 434 g/mol. The number of aromatic nitrogens is 1. The van der Waals surface area contributed by atoms with Crippen LogP contribution in [0.4, 0.5) is 0 Å². The summed E-state index contributed by atoms with van der Waals surface area (Å²) in [5.41, 5.74) is 2.15. The molecule has 2 atom stereocenters. The Labute approximate surface area is 186 Å². The predicted molar refractivity (Wildman–Crippen MR) is 120 cm³/mol. The predicted octanol–water partition coefficient (Wildman–Crippen LogP) is 4.11. The van der Waals surface area contributed by atoms with Crippen LogP contribution in [0.25, 0.3) is 22.6 Å². The minimum Gasteiger partial charge on any atom is -0.507 e. The first-order valence-corrected chi connectivity index (χ1v) is 11.1. The van der Waals surface area contributed by atoms with Gasteiger partial charge in [-0.3, -0.25) is 9.59 Å². The van der Waals surface area contributed by atoms with Crippen molar-refractivity contribution in [2.45, 2.75) is 50.6 Å². The molecule has 2 amide bonds. The Bertz CT molecular complexity index is 1160. The van der Waals surface area contributed by atoms with Gasteiger partial charge in [0.25, 0.3) is 5.91 Å². The maximum atomic E-state index is 13.1. The highest BCUT2D eigenvalue weighted by Crippen LogP contribution is 2.37. The summed E-state index contributed by atoms with van der Waals surface area (Å²) in [7, 11) is 1.77. The number of rotatable bonds is 5. The molecule has 166 valence electrons. The van der Waals surface area contributed by atoms with Crippen molar-refractivity contribution in [3.63, 3.8) is 0 Å². The third-order valence-electron chi connectivity index (χ3n) is 6.84. The van der Waals surface area contributed by atoms with Crippen LogP contribution < -0.4 is 5.32 Å². The summed E-state index contributed by atoms with van der Waals surface area (Å²) in [6.45, 7) is 2.07. The first kappa shape index (κ1) is 20.5. The highest BCUT2D eigenvalue weighted by Gasteiger charge is 2.42. The molecule has 2 aliphatic rings. The van der Waals surface area contributed by atoms with Crippen molar-refractivity contribution < 1.29 is 19.1 Å². The van der Waals surface area contributed by atoms with Gasteiger partial charge in [-0.15, -0.1) is 0 Å². The molecule has 2 unspecified atom stereocenters. The molecule has 3 aromatic rings. The molecule has 0 aliphatic heterocycles. The number of phenols is 1. The molecule has 1 aromatic heterocycles. The van der Waals surface area contributed by atoms with Gasteiger partial charge in [-0.1, -0.05) is 12.1 Å². The molecule has 2 N–H and O–H groups in total. The number of aromatic hydroxyl groups is 1. The van der Waals surface area contributed by atoms with Crippen LogP contribution in [0, 0.1) is 5.92 Å². The lowest BCUT2D eigenvalue weighted by Gasteiger charge is -2.25. The van der Waals surface area contributed by atoms with E-state index in [1.54, 1.807) is 24.1 Å². The van der Waals surface area contributed by atoms with Gasteiger partial charge in [-0.2, -0.15) is 0 Å². The Kier molecular flexibility index (Phi) is 4.92. The Hall–Kier alpha value is -3.35. The minimum absolute atomic E-state index is 0.00381. The second kappa shape index (κ2) is 7.65. The average Bonchev–Trinajstić information content (AvgIpc) is 3.20. The Balaban J connectivity index is 1.28. The van der Waals surface area contributed by atoms with Crippen LogP contribution in [0.3, 0.4) is 0 Å². The number of phenolic OH excluding ortho intramolecular Hbond substituents is 1. The van der Waals surface area contributed by atoms with E-state index in [-0.39, 0.29) is 35.1 Å². The van der Waals surface area contributed by atoms with E-state index in [2.05, 4.69) is 17.2 Å². The number of nitrogens with one attached hydrogen (secondary N) is 1. The highest BCUT2D eigenvalue weighted by atomic mass is 16.3. The van der Waals surface area contributed by atoms with E-state index in [9.17, 15) is 14.7 Å². The Morgan fingerprint density at radius 3 is 2.69 bits per heavy atom. The number of amides is 2. The largest absolute Gasteiger partial charge is 0.507 e. The number of nitrogens with zero attached hydrogens (tertiary/aromatic N) is 2. The minimum atomic E-state index is -0.176. The molecule has 1 heterocycles. The summed E-state index contributed by atoms with van der Waals surface area (Å²) >= 11 is 0. The number of carbonyl (C=O) groups is 2. The maximum absolute atomic E-state index is 13.1. The van der Waals surface area contributed by atoms with Crippen molar-refractivity contribution in [2.24, 2.45) is 5.92 Å². The Morgan fingerprint density at radius 1 is 1.19 bits per heavy atom. The van der Waals surface area contributed by atoms with E-state index < -0.39 is 0 Å². The number of fused-ring (bicyclic) bond motifs is 1. The first-order valence-electron chi connectivity index (χ1n) is 11.1. The fraction of sp³-hybridized carbons (Fsp3) is 0.400. The van der Waals surface area contributed by atoms with E-state index in [1.165, 1.54) is 6.07 Å². The molecule has 2 aliphatic carbocycles. The standard InChI is InChI=1S/C25H27N3O4/c1-25(11-12-25)27-22(30)15-7-9-17(13-15)28(2)24(31)16-8-10-18(20(29)14-16)23-26-19-5-3-4-6-21(19)32-23/h3-6,8,10,14-15,17,29H,7,9,11-13H2,1-2H3,(H,27,30). The van der Waals surface area contributed by atoms with Crippen LogP contribution in [0.2, 0.25) is 0 Å².